The molecular formula is C10H22ClN. The molecule has 0 aliphatic carbocycles. The molecule has 0 saturated heterocycles. The molecule has 0 heterocycles. The fourth-order valence-corrected chi connectivity index (χ4v) is 1.42. The molecule has 0 aromatic rings. The molecular weight excluding hydrogens is 170 g/mol. The monoisotopic (exact) mass is 191 g/mol. The molecule has 0 radical (unpaired) electrons. The van der Waals surface area contributed by atoms with Gasteiger partial charge in [0.2, 0.25) is 0 Å². The molecule has 0 saturated carbocycles. The summed E-state index contributed by atoms with van der Waals surface area (Å²) in [6.45, 7) is 11.2. The molecule has 0 amide bonds. The minimum absolute atomic E-state index is 0.623. The second-order valence-electron chi connectivity index (χ2n) is 3.79. The maximum atomic E-state index is 5.73. The van der Waals surface area contributed by atoms with Crippen LogP contribution in [0.3, 0.4) is 0 Å². The van der Waals surface area contributed by atoms with Crippen LogP contribution in [0, 0.1) is 5.92 Å². The average Bonchev–Trinajstić information content (AvgIpc) is 2.03. The fourth-order valence-electron chi connectivity index (χ4n) is 1.20. The van der Waals surface area contributed by atoms with Crippen molar-refractivity contribution in [2.24, 2.45) is 5.92 Å². The third-order valence-corrected chi connectivity index (χ3v) is 2.51. The van der Waals surface area contributed by atoms with Crippen molar-refractivity contribution < 1.29 is 0 Å². The Balaban J connectivity index is 3.77. The maximum absolute atomic E-state index is 5.73. The number of hydrogen-bond donors (Lipinski definition) is 0. The van der Waals surface area contributed by atoms with Gasteiger partial charge in [0.05, 0.1) is 0 Å². The van der Waals surface area contributed by atoms with Crippen molar-refractivity contribution in [3.8, 4) is 0 Å². The molecule has 0 aromatic heterocycles. The molecule has 2 heteroatoms. The number of alkyl halides is 1. The zero-order chi connectivity index (χ0) is 9.56. The van der Waals surface area contributed by atoms with Crippen molar-refractivity contribution in [1.82, 2.24) is 4.90 Å². The van der Waals surface area contributed by atoms with Gasteiger partial charge in [0.25, 0.3) is 0 Å². The van der Waals surface area contributed by atoms with Gasteiger partial charge >= 0.3 is 0 Å². The highest BCUT2D eigenvalue weighted by Crippen LogP contribution is 2.07. The SMILES string of the molecule is CCC(C)CN(CCCl)C(C)C. The van der Waals surface area contributed by atoms with Crippen LogP contribution in [0.1, 0.15) is 34.1 Å². The van der Waals surface area contributed by atoms with E-state index < -0.39 is 0 Å². The molecule has 0 aliphatic heterocycles. The van der Waals surface area contributed by atoms with E-state index in [4.69, 9.17) is 11.6 Å². The van der Waals surface area contributed by atoms with E-state index in [9.17, 15) is 0 Å². The number of nitrogens with zero attached hydrogens (tertiary/aromatic N) is 1. The van der Waals surface area contributed by atoms with E-state index >= 15 is 0 Å². The highest BCUT2D eigenvalue weighted by atomic mass is 35.5. The van der Waals surface area contributed by atoms with Gasteiger partial charge in [-0.1, -0.05) is 20.3 Å². The third kappa shape index (κ3) is 5.00. The third-order valence-electron chi connectivity index (χ3n) is 2.35. The molecule has 0 rings (SSSR count). The van der Waals surface area contributed by atoms with Gasteiger partial charge < -0.3 is 0 Å². The molecule has 0 bridgehead atoms. The van der Waals surface area contributed by atoms with Crippen LogP contribution in [0.5, 0.6) is 0 Å². The predicted octanol–water partition coefficient (Wildman–Crippen LogP) is 2.98. The maximum Gasteiger partial charge on any atom is 0.0351 e. The quantitative estimate of drug-likeness (QED) is 0.584. The first-order chi connectivity index (χ1) is 5.61. The van der Waals surface area contributed by atoms with E-state index in [0.29, 0.717) is 6.04 Å². The summed E-state index contributed by atoms with van der Waals surface area (Å²) in [4.78, 5) is 2.45. The van der Waals surface area contributed by atoms with Crippen LogP contribution in [-0.4, -0.2) is 29.9 Å². The van der Waals surface area contributed by atoms with E-state index in [0.717, 1.165) is 18.3 Å². The van der Waals surface area contributed by atoms with Gasteiger partial charge in [-0.3, -0.25) is 4.90 Å². The van der Waals surface area contributed by atoms with E-state index in [-0.39, 0.29) is 0 Å². The summed E-state index contributed by atoms with van der Waals surface area (Å²) in [6.07, 6.45) is 1.26. The summed E-state index contributed by atoms with van der Waals surface area (Å²) in [5.41, 5.74) is 0. The molecule has 12 heavy (non-hydrogen) atoms. The molecule has 1 nitrogen and oxygen atoms in total. The minimum Gasteiger partial charge on any atom is -0.299 e. The fraction of sp³-hybridized carbons (Fsp3) is 1.00. The first kappa shape index (κ1) is 12.2. The zero-order valence-corrected chi connectivity index (χ0v) is 9.56. The molecule has 0 aliphatic rings. The molecule has 1 atom stereocenters. The highest BCUT2D eigenvalue weighted by molar-refractivity contribution is 6.18. The second kappa shape index (κ2) is 6.73. The Morgan fingerprint density at radius 3 is 2.17 bits per heavy atom. The van der Waals surface area contributed by atoms with Crippen molar-refractivity contribution in [3.63, 3.8) is 0 Å². The van der Waals surface area contributed by atoms with Crippen molar-refractivity contribution in [2.75, 3.05) is 19.0 Å². The Morgan fingerprint density at radius 2 is 1.83 bits per heavy atom. The lowest BCUT2D eigenvalue weighted by Crippen LogP contribution is -2.36. The molecule has 0 aromatic carbocycles. The van der Waals surface area contributed by atoms with Crippen molar-refractivity contribution in [1.29, 1.82) is 0 Å². The van der Waals surface area contributed by atoms with Crippen LogP contribution in [0.15, 0.2) is 0 Å². The molecule has 0 N–H and O–H groups in total. The summed E-state index contributed by atoms with van der Waals surface area (Å²) in [6, 6.07) is 0.623. The molecule has 1 unspecified atom stereocenters. The van der Waals surface area contributed by atoms with Gasteiger partial charge in [-0.15, -0.1) is 11.6 Å². The van der Waals surface area contributed by atoms with Crippen LogP contribution < -0.4 is 0 Å². The molecule has 0 spiro atoms. The van der Waals surface area contributed by atoms with E-state index in [1.54, 1.807) is 0 Å². The first-order valence-corrected chi connectivity index (χ1v) is 5.45. The van der Waals surface area contributed by atoms with Crippen LogP contribution in [0.25, 0.3) is 0 Å². The topological polar surface area (TPSA) is 3.24 Å². The van der Waals surface area contributed by atoms with Crippen molar-refractivity contribution in [2.45, 2.75) is 40.2 Å². The zero-order valence-electron chi connectivity index (χ0n) is 8.81. The summed E-state index contributed by atoms with van der Waals surface area (Å²) < 4.78 is 0. The lowest BCUT2D eigenvalue weighted by Gasteiger charge is -2.28. The Bertz CT molecular complexity index is 104. The van der Waals surface area contributed by atoms with E-state index in [1.807, 2.05) is 0 Å². The van der Waals surface area contributed by atoms with Gasteiger partial charge in [-0.05, 0) is 19.8 Å². The predicted molar refractivity (Wildman–Crippen MR) is 56.9 cm³/mol. The highest BCUT2D eigenvalue weighted by Gasteiger charge is 2.11. The minimum atomic E-state index is 0.623. The molecule has 74 valence electrons. The second-order valence-corrected chi connectivity index (χ2v) is 4.17. The summed E-state index contributed by atoms with van der Waals surface area (Å²) in [5, 5.41) is 0. The van der Waals surface area contributed by atoms with Crippen LogP contribution in [-0.2, 0) is 0 Å². The standard InChI is InChI=1S/C10H22ClN/c1-5-10(4)8-12(7-6-11)9(2)3/h9-10H,5-8H2,1-4H3. The average molecular weight is 192 g/mol. The van der Waals surface area contributed by atoms with Gasteiger partial charge in [0.1, 0.15) is 0 Å². The van der Waals surface area contributed by atoms with Crippen LogP contribution >= 0.6 is 11.6 Å². The number of rotatable bonds is 6. The van der Waals surface area contributed by atoms with E-state index in [1.165, 1.54) is 13.0 Å². The summed E-state index contributed by atoms with van der Waals surface area (Å²) in [5.74, 6) is 1.53. The molecule has 0 fully saturated rings. The van der Waals surface area contributed by atoms with E-state index in [2.05, 4.69) is 32.6 Å². The van der Waals surface area contributed by atoms with Gasteiger partial charge in [0, 0.05) is 25.0 Å². The van der Waals surface area contributed by atoms with Gasteiger partial charge in [-0.25, -0.2) is 0 Å². The number of halogens is 1. The van der Waals surface area contributed by atoms with Gasteiger partial charge in [-0.2, -0.15) is 0 Å². The summed E-state index contributed by atoms with van der Waals surface area (Å²) >= 11 is 5.73. The summed E-state index contributed by atoms with van der Waals surface area (Å²) in [7, 11) is 0. The van der Waals surface area contributed by atoms with Gasteiger partial charge in [0.15, 0.2) is 0 Å². The first-order valence-electron chi connectivity index (χ1n) is 4.91. The Hall–Kier alpha value is 0.250. The largest absolute Gasteiger partial charge is 0.299 e. The number of hydrogen-bond acceptors (Lipinski definition) is 1. The Labute approximate surface area is 82.1 Å². The van der Waals surface area contributed by atoms with Crippen molar-refractivity contribution >= 4 is 11.6 Å². The smallest absolute Gasteiger partial charge is 0.0351 e. The van der Waals surface area contributed by atoms with Crippen molar-refractivity contribution in [3.05, 3.63) is 0 Å². The van der Waals surface area contributed by atoms with Crippen LogP contribution in [0.2, 0.25) is 0 Å². The Kier molecular flexibility index (Phi) is 6.87. The normalized spacial score (nSPS) is 14.2. The Morgan fingerprint density at radius 1 is 1.25 bits per heavy atom. The lowest BCUT2D eigenvalue weighted by molar-refractivity contribution is 0.201. The lowest BCUT2D eigenvalue weighted by atomic mass is 10.1. The van der Waals surface area contributed by atoms with Crippen LogP contribution in [0.4, 0.5) is 0 Å².